The first kappa shape index (κ1) is 20.9. The molecule has 2 rings (SSSR count). The molecule has 0 atom stereocenters. The van der Waals surface area contributed by atoms with Crippen LogP contribution in [0.3, 0.4) is 0 Å². The number of esters is 1. The Labute approximate surface area is 161 Å². The minimum atomic E-state index is -0.576. The summed E-state index contributed by atoms with van der Waals surface area (Å²) in [6.45, 7) is 11.8. The number of carbonyl (C=O) groups excluding carboxylic acids is 1. The molecular formula is C22H29NO4. The summed E-state index contributed by atoms with van der Waals surface area (Å²) in [5, 5.41) is 13.7. The van der Waals surface area contributed by atoms with E-state index in [2.05, 4.69) is 25.9 Å². The zero-order chi connectivity index (χ0) is 20.4. The van der Waals surface area contributed by atoms with Gasteiger partial charge in [-0.25, -0.2) is 4.79 Å². The Bertz CT molecular complexity index is 854. The van der Waals surface area contributed by atoms with Crippen molar-refractivity contribution in [1.29, 1.82) is 0 Å². The van der Waals surface area contributed by atoms with E-state index < -0.39 is 11.4 Å². The summed E-state index contributed by atoms with van der Waals surface area (Å²) in [5.41, 5.74) is 2.97. The maximum absolute atomic E-state index is 12.7. The molecule has 2 aromatic rings. The maximum Gasteiger partial charge on any atom is 0.338 e. The summed E-state index contributed by atoms with van der Waals surface area (Å²) in [5.74, 6) is 0.244. The van der Waals surface area contributed by atoms with Crippen LogP contribution in [0.2, 0.25) is 0 Å². The molecular weight excluding hydrogens is 342 g/mol. The van der Waals surface area contributed by atoms with Gasteiger partial charge in [-0.2, -0.15) is 0 Å². The number of carbonyl (C=O) groups is 1. The van der Waals surface area contributed by atoms with E-state index in [9.17, 15) is 9.90 Å². The van der Waals surface area contributed by atoms with Crippen LogP contribution in [-0.2, 0) is 15.6 Å². The summed E-state index contributed by atoms with van der Waals surface area (Å²) >= 11 is 0. The van der Waals surface area contributed by atoms with Crippen LogP contribution in [0.15, 0.2) is 22.7 Å². The second-order valence-corrected chi connectivity index (χ2v) is 8.44. The van der Waals surface area contributed by atoms with Gasteiger partial charge < -0.3 is 14.4 Å². The highest BCUT2D eigenvalue weighted by atomic mass is 16.5. The molecule has 0 unspecified atom stereocenters. The standard InChI is InChI=1S/C22H29NO4/c1-14-12-16(27-23-14)10-8-15-9-11-17(22(5,6)13-24)18(20(25)26-7)19(15)21(2,3)4/h8-12,24H,13H2,1-7H3/b10-8+. The maximum atomic E-state index is 12.7. The van der Waals surface area contributed by atoms with Crippen molar-refractivity contribution in [3.63, 3.8) is 0 Å². The number of rotatable bonds is 5. The lowest BCUT2D eigenvalue weighted by molar-refractivity contribution is 0.0593. The molecule has 1 N–H and O–H groups in total. The fourth-order valence-corrected chi connectivity index (χ4v) is 3.16. The Morgan fingerprint density at radius 2 is 1.89 bits per heavy atom. The SMILES string of the molecule is COC(=O)c1c(C(C)(C)CO)ccc(/C=C/c2cc(C)no2)c1C(C)(C)C. The van der Waals surface area contributed by atoms with Crippen molar-refractivity contribution in [2.45, 2.75) is 52.4 Å². The van der Waals surface area contributed by atoms with Gasteiger partial charge in [-0.1, -0.05) is 58.0 Å². The summed E-state index contributed by atoms with van der Waals surface area (Å²) in [7, 11) is 1.38. The van der Waals surface area contributed by atoms with Gasteiger partial charge in [0.05, 0.1) is 25.0 Å². The van der Waals surface area contributed by atoms with Gasteiger partial charge >= 0.3 is 5.97 Å². The van der Waals surface area contributed by atoms with E-state index in [1.165, 1.54) is 7.11 Å². The number of aryl methyl sites for hydroxylation is 1. The highest BCUT2D eigenvalue weighted by Crippen LogP contribution is 2.37. The van der Waals surface area contributed by atoms with E-state index >= 15 is 0 Å². The Kier molecular flexibility index (Phi) is 5.95. The van der Waals surface area contributed by atoms with Gasteiger partial charge in [-0.05, 0) is 35.1 Å². The molecule has 0 spiro atoms. The summed E-state index contributed by atoms with van der Waals surface area (Å²) in [4.78, 5) is 12.7. The van der Waals surface area contributed by atoms with Crippen LogP contribution in [-0.4, -0.2) is 29.9 Å². The quantitative estimate of drug-likeness (QED) is 0.783. The monoisotopic (exact) mass is 371 g/mol. The van der Waals surface area contributed by atoms with Gasteiger partial charge in [0.1, 0.15) is 0 Å². The molecule has 5 nitrogen and oxygen atoms in total. The van der Waals surface area contributed by atoms with Crippen LogP contribution in [0, 0.1) is 6.92 Å². The minimum Gasteiger partial charge on any atom is -0.465 e. The van der Waals surface area contributed by atoms with E-state index in [-0.39, 0.29) is 12.0 Å². The fraction of sp³-hybridized carbons (Fsp3) is 0.455. The Balaban J connectivity index is 2.75. The molecule has 0 aliphatic rings. The number of hydrogen-bond donors (Lipinski definition) is 1. The predicted molar refractivity (Wildman–Crippen MR) is 107 cm³/mol. The van der Waals surface area contributed by atoms with E-state index in [0.29, 0.717) is 11.3 Å². The zero-order valence-electron chi connectivity index (χ0n) is 17.2. The number of benzene rings is 1. The lowest BCUT2D eigenvalue weighted by atomic mass is 9.73. The first-order valence-corrected chi connectivity index (χ1v) is 9.00. The normalized spacial score (nSPS) is 12.6. The molecule has 0 amide bonds. The van der Waals surface area contributed by atoms with Gasteiger partial charge in [0.2, 0.25) is 0 Å². The molecule has 1 heterocycles. The molecule has 0 aliphatic carbocycles. The van der Waals surface area contributed by atoms with Gasteiger partial charge in [-0.15, -0.1) is 0 Å². The molecule has 146 valence electrons. The van der Waals surface area contributed by atoms with Crippen LogP contribution in [0.4, 0.5) is 0 Å². The lowest BCUT2D eigenvalue weighted by Gasteiger charge is -2.31. The number of aliphatic hydroxyl groups excluding tert-OH is 1. The predicted octanol–water partition coefficient (Wildman–Crippen LogP) is 4.51. The van der Waals surface area contributed by atoms with E-state index in [4.69, 9.17) is 9.26 Å². The molecule has 0 bridgehead atoms. The van der Waals surface area contributed by atoms with Crippen molar-refractivity contribution in [3.8, 4) is 0 Å². The number of hydrogen-bond acceptors (Lipinski definition) is 5. The molecule has 1 aromatic carbocycles. The number of ether oxygens (including phenoxy) is 1. The highest BCUT2D eigenvalue weighted by Gasteiger charge is 2.33. The van der Waals surface area contributed by atoms with Crippen molar-refractivity contribution in [2.75, 3.05) is 13.7 Å². The summed E-state index contributed by atoms with van der Waals surface area (Å²) in [6, 6.07) is 5.71. The van der Waals surface area contributed by atoms with Crippen LogP contribution in [0.25, 0.3) is 12.2 Å². The number of aromatic nitrogens is 1. The summed E-state index contributed by atoms with van der Waals surface area (Å²) < 4.78 is 10.3. The van der Waals surface area contributed by atoms with Crippen LogP contribution in [0.5, 0.6) is 0 Å². The average molecular weight is 371 g/mol. The van der Waals surface area contributed by atoms with Gasteiger partial charge in [0.25, 0.3) is 0 Å². The largest absolute Gasteiger partial charge is 0.465 e. The first-order valence-electron chi connectivity index (χ1n) is 9.00. The molecule has 0 aliphatic heterocycles. The van der Waals surface area contributed by atoms with Crippen molar-refractivity contribution in [1.82, 2.24) is 5.16 Å². The Hall–Kier alpha value is -2.40. The van der Waals surface area contributed by atoms with Gasteiger partial charge in [0, 0.05) is 11.5 Å². The second-order valence-electron chi connectivity index (χ2n) is 8.44. The third-order valence-corrected chi connectivity index (χ3v) is 4.57. The van der Waals surface area contributed by atoms with E-state index in [1.807, 2.05) is 51.1 Å². The lowest BCUT2D eigenvalue weighted by Crippen LogP contribution is -2.29. The van der Waals surface area contributed by atoms with Gasteiger partial charge in [-0.3, -0.25) is 0 Å². The zero-order valence-corrected chi connectivity index (χ0v) is 17.2. The molecule has 0 fully saturated rings. The molecule has 5 heteroatoms. The Morgan fingerprint density at radius 3 is 2.37 bits per heavy atom. The molecule has 0 radical (unpaired) electrons. The van der Waals surface area contributed by atoms with Crippen LogP contribution >= 0.6 is 0 Å². The Morgan fingerprint density at radius 1 is 1.22 bits per heavy atom. The number of aliphatic hydroxyl groups is 1. The van der Waals surface area contributed by atoms with Crippen molar-refractivity contribution in [3.05, 3.63) is 51.9 Å². The number of nitrogens with zero attached hydrogens (tertiary/aromatic N) is 1. The van der Waals surface area contributed by atoms with Crippen molar-refractivity contribution >= 4 is 18.1 Å². The molecule has 0 saturated carbocycles. The van der Waals surface area contributed by atoms with Crippen molar-refractivity contribution in [2.24, 2.45) is 0 Å². The molecule has 1 aromatic heterocycles. The smallest absolute Gasteiger partial charge is 0.338 e. The first-order chi connectivity index (χ1) is 12.5. The average Bonchev–Trinajstić information content (AvgIpc) is 3.02. The van der Waals surface area contributed by atoms with Crippen LogP contribution < -0.4 is 0 Å². The topological polar surface area (TPSA) is 72.6 Å². The third kappa shape index (κ3) is 4.48. The number of methoxy groups -OCH3 is 1. The third-order valence-electron chi connectivity index (χ3n) is 4.57. The molecule has 27 heavy (non-hydrogen) atoms. The van der Waals surface area contributed by atoms with E-state index in [1.54, 1.807) is 0 Å². The van der Waals surface area contributed by atoms with Crippen LogP contribution in [0.1, 0.15) is 73.1 Å². The minimum absolute atomic E-state index is 0.0763. The van der Waals surface area contributed by atoms with E-state index in [0.717, 1.165) is 22.4 Å². The van der Waals surface area contributed by atoms with Crippen molar-refractivity contribution < 1.29 is 19.2 Å². The highest BCUT2D eigenvalue weighted by molar-refractivity contribution is 5.95. The van der Waals surface area contributed by atoms with Gasteiger partial charge in [0.15, 0.2) is 5.76 Å². The fourth-order valence-electron chi connectivity index (χ4n) is 3.16. The summed E-state index contributed by atoms with van der Waals surface area (Å²) in [6.07, 6.45) is 3.76. The second kappa shape index (κ2) is 7.69. The molecule has 0 saturated heterocycles.